The van der Waals surface area contributed by atoms with Crippen molar-refractivity contribution in [3.05, 3.63) is 48.0 Å². The lowest BCUT2D eigenvalue weighted by atomic mass is 10.2. The maximum Gasteiger partial charge on any atom is 0.243 e. The van der Waals surface area contributed by atoms with Crippen LogP contribution in [0.4, 0.5) is 0 Å². The standard InChI is InChI=1S/C22H21N5O5S2/c23-6-11-33-22-25-24-21(27(22)14-16-4-5-19-20(12-16)32-15-31-19)17-2-1-3-18(13-17)34(28,29)26-7-9-30-10-8-26/h1-5,12-13H,7-11,14-15H2. The zero-order valence-electron chi connectivity index (χ0n) is 18.1. The van der Waals surface area contributed by atoms with Crippen LogP contribution in [-0.4, -0.2) is 66.3 Å². The van der Waals surface area contributed by atoms with E-state index < -0.39 is 10.0 Å². The molecule has 176 valence electrons. The summed E-state index contributed by atoms with van der Waals surface area (Å²) in [5, 5.41) is 18.2. The molecule has 0 N–H and O–H groups in total. The number of rotatable bonds is 7. The predicted molar refractivity (Wildman–Crippen MR) is 123 cm³/mol. The highest BCUT2D eigenvalue weighted by molar-refractivity contribution is 7.99. The number of thioether (sulfide) groups is 1. The summed E-state index contributed by atoms with van der Waals surface area (Å²) in [5.74, 6) is 2.08. The van der Waals surface area contributed by atoms with Crippen LogP contribution in [0.25, 0.3) is 11.4 Å². The fraction of sp³-hybridized carbons (Fsp3) is 0.318. The molecule has 0 bridgehead atoms. The molecule has 0 spiro atoms. The van der Waals surface area contributed by atoms with Gasteiger partial charge in [0.2, 0.25) is 16.8 Å². The number of hydrogen-bond donors (Lipinski definition) is 0. The predicted octanol–water partition coefficient (Wildman–Crippen LogP) is 2.36. The fourth-order valence-corrected chi connectivity index (χ4v) is 5.86. The summed E-state index contributed by atoms with van der Waals surface area (Å²) in [6.07, 6.45) is 0. The quantitative estimate of drug-likeness (QED) is 0.451. The van der Waals surface area contributed by atoms with Gasteiger partial charge in [-0.05, 0) is 29.8 Å². The van der Waals surface area contributed by atoms with Crippen LogP contribution in [0.1, 0.15) is 5.56 Å². The second kappa shape index (κ2) is 9.63. The Hall–Kier alpha value is -3.11. The molecule has 12 heteroatoms. The highest BCUT2D eigenvalue weighted by Crippen LogP contribution is 2.34. The van der Waals surface area contributed by atoms with Crippen molar-refractivity contribution < 1.29 is 22.6 Å². The number of nitrogens with zero attached hydrogens (tertiary/aromatic N) is 5. The molecule has 1 aromatic heterocycles. The lowest BCUT2D eigenvalue weighted by Gasteiger charge is -2.26. The molecule has 2 aliphatic rings. The van der Waals surface area contributed by atoms with Crippen molar-refractivity contribution in [1.29, 1.82) is 5.26 Å². The van der Waals surface area contributed by atoms with Crippen molar-refractivity contribution in [3.63, 3.8) is 0 Å². The van der Waals surface area contributed by atoms with Gasteiger partial charge >= 0.3 is 0 Å². The number of ether oxygens (including phenoxy) is 3. The van der Waals surface area contributed by atoms with Gasteiger partial charge in [0.15, 0.2) is 22.5 Å². The van der Waals surface area contributed by atoms with Gasteiger partial charge in [-0.2, -0.15) is 9.57 Å². The summed E-state index contributed by atoms with van der Waals surface area (Å²) in [7, 11) is -3.66. The minimum absolute atomic E-state index is 0.185. The van der Waals surface area contributed by atoms with E-state index in [-0.39, 0.29) is 17.4 Å². The summed E-state index contributed by atoms with van der Waals surface area (Å²) in [5.41, 5.74) is 1.55. The molecule has 5 rings (SSSR count). The van der Waals surface area contributed by atoms with Crippen molar-refractivity contribution in [2.75, 3.05) is 38.8 Å². The van der Waals surface area contributed by atoms with Gasteiger partial charge in [-0.25, -0.2) is 8.42 Å². The molecule has 0 saturated carbocycles. The summed E-state index contributed by atoms with van der Waals surface area (Å²) in [4.78, 5) is 0.191. The fourth-order valence-electron chi connectivity index (χ4n) is 3.80. The molecule has 10 nitrogen and oxygen atoms in total. The molecule has 0 radical (unpaired) electrons. The molecule has 1 fully saturated rings. The van der Waals surface area contributed by atoms with Gasteiger partial charge in [0, 0.05) is 18.7 Å². The SMILES string of the molecule is N#CCSc1nnc(-c2cccc(S(=O)(=O)N3CCOCC3)c2)n1Cc1ccc2c(c1)OCO2. The molecule has 0 atom stereocenters. The molecule has 3 aromatic rings. The maximum atomic E-state index is 13.2. The normalized spacial score (nSPS) is 15.9. The first-order valence-electron chi connectivity index (χ1n) is 10.6. The summed E-state index contributed by atoms with van der Waals surface area (Å²) >= 11 is 1.27. The van der Waals surface area contributed by atoms with Gasteiger partial charge in [0.1, 0.15) is 0 Å². The van der Waals surface area contributed by atoms with E-state index in [0.717, 1.165) is 5.56 Å². The van der Waals surface area contributed by atoms with Crippen LogP contribution in [-0.2, 0) is 21.3 Å². The number of fused-ring (bicyclic) bond motifs is 1. The average Bonchev–Trinajstić information content (AvgIpc) is 3.50. The number of sulfonamides is 1. The van der Waals surface area contributed by atoms with Gasteiger partial charge in [0.25, 0.3) is 0 Å². The smallest absolute Gasteiger partial charge is 0.243 e. The zero-order chi connectivity index (χ0) is 23.5. The Labute approximate surface area is 201 Å². The van der Waals surface area contributed by atoms with Crippen LogP contribution in [0.3, 0.4) is 0 Å². The molecule has 1 saturated heterocycles. The molecular formula is C22H21N5O5S2. The van der Waals surface area contributed by atoms with Crippen molar-refractivity contribution in [3.8, 4) is 29.0 Å². The number of benzene rings is 2. The van der Waals surface area contributed by atoms with E-state index in [0.29, 0.717) is 60.9 Å². The monoisotopic (exact) mass is 499 g/mol. The topological polar surface area (TPSA) is 120 Å². The number of nitriles is 1. The van der Waals surface area contributed by atoms with E-state index in [9.17, 15) is 8.42 Å². The second-order valence-electron chi connectivity index (χ2n) is 7.57. The number of hydrogen-bond acceptors (Lipinski definition) is 9. The van der Waals surface area contributed by atoms with Crippen molar-refractivity contribution >= 4 is 21.8 Å². The molecule has 34 heavy (non-hydrogen) atoms. The van der Waals surface area contributed by atoms with Gasteiger partial charge < -0.3 is 14.2 Å². The van der Waals surface area contributed by atoms with Crippen LogP contribution in [0, 0.1) is 11.3 Å². The number of aromatic nitrogens is 3. The van der Waals surface area contributed by atoms with Crippen molar-refractivity contribution in [2.24, 2.45) is 0 Å². The largest absolute Gasteiger partial charge is 0.454 e. The summed E-state index contributed by atoms with van der Waals surface area (Å²) in [6.45, 7) is 1.99. The first kappa shape index (κ1) is 22.7. The molecule has 2 aliphatic heterocycles. The highest BCUT2D eigenvalue weighted by atomic mass is 32.2. The Kier molecular flexibility index (Phi) is 6.42. The minimum Gasteiger partial charge on any atom is -0.454 e. The Bertz CT molecular complexity index is 1350. The van der Waals surface area contributed by atoms with Gasteiger partial charge in [0.05, 0.1) is 36.5 Å². The van der Waals surface area contributed by atoms with Crippen LogP contribution < -0.4 is 9.47 Å². The maximum absolute atomic E-state index is 13.2. The van der Waals surface area contributed by atoms with Gasteiger partial charge in [-0.15, -0.1) is 10.2 Å². The van der Waals surface area contributed by atoms with Crippen molar-refractivity contribution in [2.45, 2.75) is 16.6 Å². The molecule has 0 aliphatic carbocycles. The van der Waals surface area contributed by atoms with Gasteiger partial charge in [-0.1, -0.05) is 30.0 Å². The molecule has 0 unspecified atom stereocenters. The lowest BCUT2D eigenvalue weighted by Crippen LogP contribution is -2.40. The van der Waals surface area contributed by atoms with Crippen LogP contribution in [0.2, 0.25) is 0 Å². The minimum atomic E-state index is -3.66. The first-order chi connectivity index (χ1) is 16.6. The average molecular weight is 500 g/mol. The first-order valence-corrected chi connectivity index (χ1v) is 13.0. The lowest BCUT2D eigenvalue weighted by molar-refractivity contribution is 0.0730. The number of morpholine rings is 1. The van der Waals surface area contributed by atoms with E-state index in [1.807, 2.05) is 22.8 Å². The Balaban J connectivity index is 1.51. The summed E-state index contributed by atoms with van der Waals surface area (Å²) < 4.78 is 45.8. The molecular weight excluding hydrogens is 478 g/mol. The van der Waals surface area contributed by atoms with E-state index >= 15 is 0 Å². The Morgan fingerprint density at radius 1 is 1.06 bits per heavy atom. The Morgan fingerprint density at radius 3 is 2.71 bits per heavy atom. The molecule has 0 amide bonds. The third-order valence-corrected chi connectivity index (χ3v) is 8.19. The van der Waals surface area contributed by atoms with Crippen LogP contribution in [0.5, 0.6) is 11.5 Å². The third-order valence-electron chi connectivity index (χ3n) is 5.46. The van der Waals surface area contributed by atoms with Crippen LogP contribution >= 0.6 is 11.8 Å². The third kappa shape index (κ3) is 4.47. The second-order valence-corrected chi connectivity index (χ2v) is 10.5. The van der Waals surface area contributed by atoms with Crippen LogP contribution in [0.15, 0.2) is 52.5 Å². The van der Waals surface area contributed by atoms with E-state index in [1.54, 1.807) is 24.3 Å². The summed E-state index contributed by atoms with van der Waals surface area (Å²) in [6, 6.07) is 14.5. The Morgan fingerprint density at radius 2 is 1.88 bits per heavy atom. The zero-order valence-corrected chi connectivity index (χ0v) is 19.7. The molecule has 2 aromatic carbocycles. The van der Waals surface area contributed by atoms with E-state index in [1.165, 1.54) is 16.1 Å². The van der Waals surface area contributed by atoms with Gasteiger partial charge in [-0.3, -0.25) is 4.57 Å². The van der Waals surface area contributed by atoms with Crippen molar-refractivity contribution in [1.82, 2.24) is 19.1 Å². The van der Waals surface area contributed by atoms with E-state index in [2.05, 4.69) is 16.3 Å². The molecule has 3 heterocycles. The highest BCUT2D eigenvalue weighted by Gasteiger charge is 2.27. The van der Waals surface area contributed by atoms with E-state index in [4.69, 9.17) is 19.5 Å².